The van der Waals surface area contributed by atoms with Crippen molar-refractivity contribution in [3.63, 3.8) is 0 Å². The Balaban J connectivity index is 2.19. The molecule has 1 fully saturated rings. The summed E-state index contributed by atoms with van der Waals surface area (Å²) in [6.45, 7) is 4.22. The van der Waals surface area contributed by atoms with Crippen molar-refractivity contribution in [2.45, 2.75) is 37.9 Å². The van der Waals surface area contributed by atoms with Gasteiger partial charge in [0, 0.05) is 0 Å². The summed E-state index contributed by atoms with van der Waals surface area (Å²) in [4.78, 5) is 0. The van der Waals surface area contributed by atoms with Crippen molar-refractivity contribution in [2.75, 3.05) is 0 Å². The summed E-state index contributed by atoms with van der Waals surface area (Å²) in [5.41, 5.74) is 0.208. The monoisotopic (exact) mass is 124 g/mol. The molecular weight excluding hydrogens is 112 g/mol. The van der Waals surface area contributed by atoms with Crippen LogP contribution in [0.5, 0.6) is 0 Å². The Morgan fingerprint density at radius 2 is 1.89 bits per heavy atom. The van der Waals surface area contributed by atoms with Crippen molar-refractivity contribution in [2.24, 2.45) is 0 Å². The van der Waals surface area contributed by atoms with Gasteiger partial charge in [0.1, 0.15) is 0 Å². The number of hydrogen-bond acceptors (Lipinski definition) is 1. The van der Waals surface area contributed by atoms with Crippen LogP contribution in [-0.2, 0) is 4.74 Å². The van der Waals surface area contributed by atoms with Crippen LogP contribution in [0.2, 0.25) is 0 Å². The van der Waals surface area contributed by atoms with Gasteiger partial charge in [0.05, 0.1) is 11.2 Å². The summed E-state index contributed by atoms with van der Waals surface area (Å²) >= 11 is 0. The van der Waals surface area contributed by atoms with Crippen LogP contribution in [0.3, 0.4) is 0 Å². The summed E-state index contributed by atoms with van der Waals surface area (Å²) in [6, 6.07) is 0. The molecule has 50 valence electrons. The van der Waals surface area contributed by atoms with Crippen LogP contribution >= 0.6 is 0 Å². The second kappa shape index (κ2) is 1.24. The molecule has 0 aromatic heterocycles. The average molecular weight is 124 g/mol. The van der Waals surface area contributed by atoms with Crippen LogP contribution in [-0.4, -0.2) is 11.2 Å². The molecule has 0 radical (unpaired) electrons. The maximum absolute atomic E-state index is 5.74. The number of rotatable bonds is 0. The molecule has 0 amide bonds. The second-order valence-corrected chi connectivity index (χ2v) is 3.60. The highest BCUT2D eigenvalue weighted by Gasteiger charge is 2.48. The van der Waals surface area contributed by atoms with E-state index >= 15 is 0 Å². The minimum absolute atomic E-state index is 0.0104. The summed E-state index contributed by atoms with van der Waals surface area (Å²) in [6.07, 6.45) is 6.84. The van der Waals surface area contributed by atoms with Crippen molar-refractivity contribution in [1.82, 2.24) is 0 Å². The Morgan fingerprint density at radius 3 is 2.11 bits per heavy atom. The zero-order chi connectivity index (χ0) is 6.54. The predicted molar refractivity (Wildman–Crippen MR) is 36.3 cm³/mol. The van der Waals surface area contributed by atoms with Gasteiger partial charge >= 0.3 is 0 Å². The van der Waals surface area contributed by atoms with Crippen LogP contribution in [0.25, 0.3) is 0 Å². The van der Waals surface area contributed by atoms with Crippen molar-refractivity contribution >= 4 is 0 Å². The lowest BCUT2D eigenvalue weighted by molar-refractivity contribution is -0.0128. The molecule has 1 spiro atoms. The lowest BCUT2D eigenvalue weighted by atomic mass is 10.1. The fourth-order valence-corrected chi connectivity index (χ4v) is 1.34. The molecule has 9 heavy (non-hydrogen) atoms. The van der Waals surface area contributed by atoms with Gasteiger partial charge in [-0.2, -0.15) is 0 Å². The summed E-state index contributed by atoms with van der Waals surface area (Å²) < 4.78 is 5.74. The van der Waals surface area contributed by atoms with Gasteiger partial charge in [-0.1, -0.05) is 12.2 Å². The van der Waals surface area contributed by atoms with E-state index in [9.17, 15) is 0 Å². The van der Waals surface area contributed by atoms with Gasteiger partial charge in [0.25, 0.3) is 0 Å². The Kier molecular flexibility index (Phi) is 0.755. The third-order valence-corrected chi connectivity index (χ3v) is 2.00. The molecule has 1 aliphatic carbocycles. The van der Waals surface area contributed by atoms with E-state index in [2.05, 4.69) is 26.0 Å². The van der Waals surface area contributed by atoms with Gasteiger partial charge in [-0.3, -0.25) is 0 Å². The van der Waals surface area contributed by atoms with Crippen LogP contribution in [0.15, 0.2) is 12.2 Å². The number of ether oxygens (including phenoxy) is 1. The lowest BCUT2D eigenvalue weighted by Crippen LogP contribution is -2.21. The standard InChI is InChI=1S/C8H12O/c1-7(2)3-4-8(9-7)5-6-8/h3-4H,5-6H2,1-2H3. The van der Waals surface area contributed by atoms with E-state index in [4.69, 9.17) is 4.74 Å². The van der Waals surface area contributed by atoms with E-state index in [1.54, 1.807) is 0 Å². The van der Waals surface area contributed by atoms with E-state index in [0.717, 1.165) is 0 Å². The molecule has 0 unspecified atom stereocenters. The van der Waals surface area contributed by atoms with Crippen molar-refractivity contribution in [1.29, 1.82) is 0 Å². The van der Waals surface area contributed by atoms with Crippen LogP contribution < -0.4 is 0 Å². The maximum atomic E-state index is 5.74. The molecule has 0 N–H and O–H groups in total. The first-order valence-corrected chi connectivity index (χ1v) is 3.53. The van der Waals surface area contributed by atoms with E-state index in [-0.39, 0.29) is 11.2 Å². The van der Waals surface area contributed by atoms with Gasteiger partial charge < -0.3 is 4.74 Å². The molecule has 0 aromatic rings. The minimum atomic E-state index is 0.0104. The number of hydrogen-bond donors (Lipinski definition) is 0. The molecule has 1 aliphatic heterocycles. The Labute approximate surface area is 55.7 Å². The topological polar surface area (TPSA) is 9.23 Å². The molecule has 1 heteroatoms. The molecular formula is C8H12O. The first kappa shape index (κ1) is 5.48. The molecule has 1 heterocycles. The summed E-state index contributed by atoms with van der Waals surface area (Å²) in [5.74, 6) is 0. The molecule has 0 saturated heterocycles. The fraction of sp³-hybridized carbons (Fsp3) is 0.750. The van der Waals surface area contributed by atoms with E-state index in [1.165, 1.54) is 12.8 Å². The highest BCUT2D eigenvalue weighted by molar-refractivity contribution is 5.22. The maximum Gasteiger partial charge on any atom is 0.0877 e. The van der Waals surface area contributed by atoms with Gasteiger partial charge in [-0.25, -0.2) is 0 Å². The molecule has 0 aromatic carbocycles. The minimum Gasteiger partial charge on any atom is -0.361 e. The van der Waals surface area contributed by atoms with Crippen molar-refractivity contribution < 1.29 is 4.74 Å². The molecule has 1 saturated carbocycles. The Hall–Kier alpha value is -0.300. The largest absolute Gasteiger partial charge is 0.361 e. The van der Waals surface area contributed by atoms with Crippen LogP contribution in [0.1, 0.15) is 26.7 Å². The highest BCUT2D eigenvalue weighted by Crippen LogP contribution is 2.48. The summed E-state index contributed by atoms with van der Waals surface area (Å²) in [7, 11) is 0. The Bertz CT molecular complexity index is 157. The normalized spacial score (nSPS) is 33.6. The average Bonchev–Trinajstić information content (AvgIpc) is 2.36. The molecule has 1 nitrogen and oxygen atoms in total. The van der Waals surface area contributed by atoms with Crippen LogP contribution in [0, 0.1) is 0 Å². The SMILES string of the molecule is CC1(C)C=CC2(CC2)O1. The third-order valence-electron chi connectivity index (χ3n) is 2.00. The van der Waals surface area contributed by atoms with Gasteiger partial charge in [-0.15, -0.1) is 0 Å². The zero-order valence-corrected chi connectivity index (χ0v) is 5.98. The van der Waals surface area contributed by atoms with E-state index in [0.29, 0.717) is 0 Å². The molecule has 0 bridgehead atoms. The molecule has 0 atom stereocenters. The second-order valence-electron chi connectivity index (χ2n) is 3.60. The van der Waals surface area contributed by atoms with Gasteiger partial charge in [0.15, 0.2) is 0 Å². The summed E-state index contributed by atoms with van der Waals surface area (Å²) in [5, 5.41) is 0. The van der Waals surface area contributed by atoms with Gasteiger partial charge in [-0.05, 0) is 26.7 Å². The quantitative estimate of drug-likeness (QED) is 0.448. The van der Waals surface area contributed by atoms with Crippen molar-refractivity contribution in [3.05, 3.63) is 12.2 Å². The van der Waals surface area contributed by atoms with Crippen molar-refractivity contribution in [3.8, 4) is 0 Å². The highest BCUT2D eigenvalue weighted by atomic mass is 16.5. The first-order chi connectivity index (χ1) is 4.12. The van der Waals surface area contributed by atoms with E-state index < -0.39 is 0 Å². The predicted octanol–water partition coefficient (Wildman–Crippen LogP) is 1.88. The zero-order valence-electron chi connectivity index (χ0n) is 5.98. The molecule has 2 rings (SSSR count). The molecule has 2 aliphatic rings. The lowest BCUT2D eigenvalue weighted by Gasteiger charge is -2.18. The smallest absolute Gasteiger partial charge is 0.0877 e. The third kappa shape index (κ3) is 0.799. The van der Waals surface area contributed by atoms with E-state index in [1.807, 2.05) is 0 Å². The Morgan fingerprint density at radius 1 is 1.22 bits per heavy atom. The van der Waals surface area contributed by atoms with Gasteiger partial charge in [0.2, 0.25) is 0 Å². The fourth-order valence-electron chi connectivity index (χ4n) is 1.34. The van der Waals surface area contributed by atoms with Crippen LogP contribution in [0.4, 0.5) is 0 Å². The first-order valence-electron chi connectivity index (χ1n) is 3.53.